The van der Waals surface area contributed by atoms with Crippen LogP contribution >= 0.6 is 0 Å². The number of carbonyl (C=O) groups excluding carboxylic acids is 2. The van der Waals surface area contributed by atoms with E-state index in [1.165, 1.54) is 12.8 Å². The number of rotatable bonds is 6. The van der Waals surface area contributed by atoms with E-state index in [0.717, 1.165) is 18.6 Å². The number of carbonyl (C=O) groups is 2. The lowest BCUT2D eigenvalue weighted by molar-refractivity contribution is 0.0938. The molecule has 0 saturated heterocycles. The lowest BCUT2D eigenvalue weighted by Gasteiger charge is -2.14. The maximum absolute atomic E-state index is 12.2. The minimum Gasteiger partial charge on any atom is -0.469 e. The Morgan fingerprint density at radius 1 is 1.15 bits per heavy atom. The second kappa shape index (κ2) is 8.56. The van der Waals surface area contributed by atoms with Crippen LogP contribution in [-0.4, -0.2) is 24.0 Å². The minimum absolute atomic E-state index is 0.0556. The standard InChI is InChI=1S/C20H25N3O3/c1-14(13-18-7-4-12-26-18)21-20(25)23-17-10-8-15(9-11-17)19(24)22-16-5-2-3-6-16/h4,7-12,14,16H,2-3,5-6,13H2,1H3,(H,22,24)(H2,21,23,25). The molecule has 0 bridgehead atoms. The number of anilines is 1. The van der Waals surface area contributed by atoms with Gasteiger partial charge in [-0.25, -0.2) is 4.79 Å². The molecule has 1 aliphatic carbocycles. The second-order valence-corrected chi connectivity index (χ2v) is 6.82. The van der Waals surface area contributed by atoms with Crippen molar-refractivity contribution in [2.24, 2.45) is 0 Å². The quantitative estimate of drug-likeness (QED) is 0.739. The molecule has 1 fully saturated rings. The topological polar surface area (TPSA) is 83.4 Å². The first-order chi connectivity index (χ1) is 12.6. The number of nitrogens with one attached hydrogen (secondary N) is 3. The van der Waals surface area contributed by atoms with E-state index in [9.17, 15) is 9.59 Å². The summed E-state index contributed by atoms with van der Waals surface area (Å²) in [7, 11) is 0. The third-order valence-electron chi connectivity index (χ3n) is 4.56. The van der Waals surface area contributed by atoms with Gasteiger partial charge in [0.05, 0.1) is 6.26 Å². The van der Waals surface area contributed by atoms with Crippen molar-refractivity contribution in [2.75, 3.05) is 5.32 Å². The van der Waals surface area contributed by atoms with Gasteiger partial charge in [-0.1, -0.05) is 12.8 Å². The van der Waals surface area contributed by atoms with Crippen LogP contribution in [0.25, 0.3) is 0 Å². The van der Waals surface area contributed by atoms with Crippen LogP contribution in [-0.2, 0) is 6.42 Å². The zero-order chi connectivity index (χ0) is 18.4. The molecule has 1 aromatic carbocycles. The molecule has 1 atom stereocenters. The maximum Gasteiger partial charge on any atom is 0.319 e. The Kier molecular flexibility index (Phi) is 5.94. The average molecular weight is 355 g/mol. The Bertz CT molecular complexity index is 719. The molecule has 6 nitrogen and oxygen atoms in total. The first-order valence-electron chi connectivity index (χ1n) is 9.11. The molecule has 2 aromatic rings. The van der Waals surface area contributed by atoms with E-state index in [0.29, 0.717) is 23.7 Å². The summed E-state index contributed by atoms with van der Waals surface area (Å²) in [5, 5.41) is 8.70. The van der Waals surface area contributed by atoms with Gasteiger partial charge in [-0.15, -0.1) is 0 Å². The van der Waals surface area contributed by atoms with E-state index < -0.39 is 0 Å². The van der Waals surface area contributed by atoms with E-state index in [-0.39, 0.29) is 18.0 Å². The van der Waals surface area contributed by atoms with E-state index >= 15 is 0 Å². The number of urea groups is 1. The summed E-state index contributed by atoms with van der Waals surface area (Å²) >= 11 is 0. The second-order valence-electron chi connectivity index (χ2n) is 6.82. The van der Waals surface area contributed by atoms with Crippen molar-refractivity contribution in [3.63, 3.8) is 0 Å². The molecular formula is C20H25N3O3. The normalized spacial score (nSPS) is 15.4. The summed E-state index contributed by atoms with van der Waals surface area (Å²) in [6.07, 6.45) is 6.72. The molecular weight excluding hydrogens is 330 g/mol. The molecule has 1 unspecified atom stereocenters. The van der Waals surface area contributed by atoms with Crippen LogP contribution in [0.3, 0.4) is 0 Å². The Hall–Kier alpha value is -2.76. The highest BCUT2D eigenvalue weighted by atomic mass is 16.3. The summed E-state index contributed by atoms with van der Waals surface area (Å²) in [6.45, 7) is 1.92. The number of hydrogen-bond acceptors (Lipinski definition) is 3. The van der Waals surface area contributed by atoms with Crippen molar-refractivity contribution in [2.45, 2.75) is 51.1 Å². The van der Waals surface area contributed by atoms with Crippen LogP contribution in [0, 0.1) is 0 Å². The van der Waals surface area contributed by atoms with Crippen LogP contribution < -0.4 is 16.0 Å². The van der Waals surface area contributed by atoms with Crippen LogP contribution in [0.5, 0.6) is 0 Å². The Morgan fingerprint density at radius 3 is 2.54 bits per heavy atom. The lowest BCUT2D eigenvalue weighted by atomic mass is 10.1. The molecule has 0 spiro atoms. The fourth-order valence-corrected chi connectivity index (χ4v) is 3.22. The molecule has 3 N–H and O–H groups in total. The monoisotopic (exact) mass is 355 g/mol. The number of furan rings is 1. The van der Waals surface area contributed by atoms with Crippen molar-refractivity contribution in [1.82, 2.24) is 10.6 Å². The molecule has 1 aliphatic rings. The highest BCUT2D eigenvalue weighted by molar-refractivity contribution is 5.95. The number of hydrogen-bond donors (Lipinski definition) is 3. The molecule has 1 saturated carbocycles. The largest absolute Gasteiger partial charge is 0.469 e. The van der Waals surface area contributed by atoms with Crippen LogP contribution in [0.1, 0.15) is 48.7 Å². The molecule has 3 amide bonds. The number of benzene rings is 1. The third kappa shape index (κ3) is 5.12. The molecule has 1 heterocycles. The van der Waals surface area contributed by atoms with Crippen molar-refractivity contribution in [3.05, 3.63) is 54.0 Å². The average Bonchev–Trinajstić information content (AvgIpc) is 3.29. The zero-order valence-electron chi connectivity index (χ0n) is 15.0. The molecule has 3 rings (SSSR count). The van der Waals surface area contributed by atoms with Crippen molar-refractivity contribution in [3.8, 4) is 0 Å². The van der Waals surface area contributed by atoms with E-state index in [4.69, 9.17) is 4.42 Å². The van der Waals surface area contributed by atoms with Gasteiger partial charge in [-0.3, -0.25) is 4.79 Å². The zero-order valence-corrected chi connectivity index (χ0v) is 15.0. The Labute approximate surface area is 153 Å². The van der Waals surface area contributed by atoms with Gasteiger partial charge in [0.25, 0.3) is 5.91 Å². The first-order valence-corrected chi connectivity index (χ1v) is 9.11. The van der Waals surface area contributed by atoms with Gasteiger partial charge in [0.1, 0.15) is 5.76 Å². The smallest absolute Gasteiger partial charge is 0.319 e. The van der Waals surface area contributed by atoms with Gasteiger partial charge in [0.15, 0.2) is 0 Å². The van der Waals surface area contributed by atoms with Gasteiger partial charge >= 0.3 is 6.03 Å². The maximum atomic E-state index is 12.2. The Balaban J connectivity index is 1.47. The fourth-order valence-electron chi connectivity index (χ4n) is 3.22. The van der Waals surface area contributed by atoms with Gasteiger partial charge in [0.2, 0.25) is 0 Å². The van der Waals surface area contributed by atoms with Crippen molar-refractivity contribution in [1.29, 1.82) is 0 Å². The van der Waals surface area contributed by atoms with Crippen molar-refractivity contribution < 1.29 is 14.0 Å². The van der Waals surface area contributed by atoms with E-state index in [1.807, 2.05) is 19.1 Å². The summed E-state index contributed by atoms with van der Waals surface area (Å²) in [4.78, 5) is 24.3. The summed E-state index contributed by atoms with van der Waals surface area (Å²) in [5.74, 6) is 0.774. The molecule has 26 heavy (non-hydrogen) atoms. The van der Waals surface area contributed by atoms with Crippen LogP contribution in [0.4, 0.5) is 10.5 Å². The summed E-state index contributed by atoms with van der Waals surface area (Å²) in [6, 6.07) is 10.6. The molecule has 1 aromatic heterocycles. The van der Waals surface area contributed by atoms with Gasteiger partial charge in [0, 0.05) is 29.8 Å². The summed E-state index contributed by atoms with van der Waals surface area (Å²) < 4.78 is 5.28. The highest BCUT2D eigenvalue weighted by Gasteiger charge is 2.18. The van der Waals surface area contributed by atoms with Gasteiger partial charge in [-0.2, -0.15) is 0 Å². The van der Waals surface area contributed by atoms with Crippen LogP contribution in [0.15, 0.2) is 47.1 Å². The molecule has 6 heteroatoms. The van der Waals surface area contributed by atoms with Gasteiger partial charge in [-0.05, 0) is 56.2 Å². The van der Waals surface area contributed by atoms with E-state index in [2.05, 4.69) is 16.0 Å². The fraction of sp³-hybridized carbons (Fsp3) is 0.400. The van der Waals surface area contributed by atoms with Crippen LogP contribution in [0.2, 0.25) is 0 Å². The predicted molar refractivity (Wildman–Crippen MR) is 100 cm³/mol. The predicted octanol–water partition coefficient (Wildman–Crippen LogP) is 3.70. The molecule has 0 radical (unpaired) electrons. The first kappa shape index (κ1) is 18.0. The minimum atomic E-state index is -0.285. The molecule has 0 aliphatic heterocycles. The summed E-state index contributed by atoms with van der Waals surface area (Å²) in [5.41, 5.74) is 1.25. The highest BCUT2D eigenvalue weighted by Crippen LogP contribution is 2.18. The number of amides is 3. The third-order valence-corrected chi connectivity index (χ3v) is 4.56. The lowest BCUT2D eigenvalue weighted by Crippen LogP contribution is -2.37. The molecule has 138 valence electrons. The van der Waals surface area contributed by atoms with E-state index in [1.54, 1.807) is 30.5 Å². The SMILES string of the molecule is CC(Cc1ccco1)NC(=O)Nc1ccc(C(=O)NC2CCCC2)cc1. The van der Waals surface area contributed by atoms with Gasteiger partial charge < -0.3 is 20.4 Å². The Morgan fingerprint density at radius 2 is 1.88 bits per heavy atom. The van der Waals surface area contributed by atoms with Crippen molar-refractivity contribution >= 4 is 17.6 Å².